The molecule has 1 unspecified atom stereocenters. The van der Waals surface area contributed by atoms with Crippen LogP contribution in [0.25, 0.3) is 0 Å². The molecule has 0 radical (unpaired) electrons. The van der Waals surface area contributed by atoms with Crippen LogP contribution in [-0.4, -0.2) is 47.8 Å². The summed E-state index contributed by atoms with van der Waals surface area (Å²) in [5, 5.41) is 9.05. The number of ether oxygens (including phenoxy) is 1. The molecule has 0 saturated heterocycles. The summed E-state index contributed by atoms with van der Waals surface area (Å²) in [4.78, 5) is 13.4. The van der Waals surface area contributed by atoms with E-state index >= 15 is 0 Å². The molecule has 106 valence electrons. The van der Waals surface area contributed by atoms with Gasteiger partial charge in [-0.2, -0.15) is 0 Å². The van der Waals surface area contributed by atoms with Crippen molar-refractivity contribution in [3.05, 3.63) is 0 Å². The van der Waals surface area contributed by atoms with Crippen molar-refractivity contribution in [3.8, 4) is 0 Å². The maximum Gasteiger partial charge on any atom is 0.332 e. The summed E-state index contributed by atoms with van der Waals surface area (Å²) >= 11 is 0. The standard InChI is InChI=1S/C14H27NO3/c1-4-18-13(14(16)17)8-10-15(12-5-6-12)9-7-11(2)3/h11-13H,4-10H2,1-3H3,(H,16,17). The van der Waals surface area contributed by atoms with Gasteiger partial charge in [0.25, 0.3) is 0 Å². The SMILES string of the molecule is CCOC(CCN(CCC(C)C)C1CC1)C(=O)O. The number of carboxylic acids is 1. The average molecular weight is 257 g/mol. The van der Waals surface area contributed by atoms with E-state index in [0.29, 0.717) is 25.0 Å². The lowest BCUT2D eigenvalue weighted by Gasteiger charge is -2.24. The predicted molar refractivity (Wildman–Crippen MR) is 71.7 cm³/mol. The van der Waals surface area contributed by atoms with Crippen molar-refractivity contribution < 1.29 is 14.6 Å². The van der Waals surface area contributed by atoms with Crippen LogP contribution in [-0.2, 0) is 9.53 Å². The number of carbonyl (C=O) groups is 1. The normalized spacial score (nSPS) is 17.4. The van der Waals surface area contributed by atoms with E-state index in [9.17, 15) is 4.79 Å². The molecule has 0 aromatic carbocycles. The topological polar surface area (TPSA) is 49.8 Å². The molecule has 1 N–H and O–H groups in total. The maximum atomic E-state index is 11.0. The van der Waals surface area contributed by atoms with Crippen molar-refractivity contribution in [1.82, 2.24) is 4.90 Å². The third-order valence-corrected chi connectivity index (χ3v) is 3.38. The Morgan fingerprint density at radius 2 is 1.94 bits per heavy atom. The number of hydrogen-bond donors (Lipinski definition) is 1. The van der Waals surface area contributed by atoms with Crippen LogP contribution in [0.4, 0.5) is 0 Å². The van der Waals surface area contributed by atoms with Crippen LogP contribution in [0.15, 0.2) is 0 Å². The predicted octanol–water partition coefficient (Wildman–Crippen LogP) is 2.38. The first-order valence-corrected chi connectivity index (χ1v) is 7.13. The van der Waals surface area contributed by atoms with Crippen molar-refractivity contribution in [2.75, 3.05) is 19.7 Å². The summed E-state index contributed by atoms with van der Waals surface area (Å²) in [5.41, 5.74) is 0. The number of rotatable bonds is 10. The molecule has 1 saturated carbocycles. The van der Waals surface area contributed by atoms with Gasteiger partial charge in [0.2, 0.25) is 0 Å². The van der Waals surface area contributed by atoms with Crippen molar-refractivity contribution in [2.45, 2.75) is 58.6 Å². The van der Waals surface area contributed by atoms with Gasteiger partial charge in [-0.25, -0.2) is 4.79 Å². The van der Waals surface area contributed by atoms with Crippen molar-refractivity contribution >= 4 is 5.97 Å². The molecule has 1 aliphatic carbocycles. The van der Waals surface area contributed by atoms with Crippen LogP contribution in [0.3, 0.4) is 0 Å². The lowest BCUT2D eigenvalue weighted by Crippen LogP contribution is -2.34. The first-order valence-electron chi connectivity index (χ1n) is 7.13. The molecule has 1 atom stereocenters. The summed E-state index contributed by atoms with van der Waals surface area (Å²) in [5.74, 6) is -0.134. The highest BCUT2D eigenvalue weighted by atomic mass is 16.5. The summed E-state index contributed by atoms with van der Waals surface area (Å²) in [6, 6.07) is 0.694. The highest BCUT2D eigenvalue weighted by Crippen LogP contribution is 2.27. The molecule has 0 spiro atoms. The first kappa shape index (κ1) is 15.4. The van der Waals surface area contributed by atoms with E-state index in [1.54, 1.807) is 0 Å². The van der Waals surface area contributed by atoms with Crippen molar-refractivity contribution in [2.24, 2.45) is 5.92 Å². The minimum atomic E-state index is -0.837. The van der Waals surface area contributed by atoms with Crippen LogP contribution in [0.1, 0.15) is 46.5 Å². The molecule has 0 bridgehead atoms. The van der Waals surface area contributed by atoms with E-state index in [1.165, 1.54) is 19.3 Å². The van der Waals surface area contributed by atoms with Gasteiger partial charge in [0.05, 0.1) is 0 Å². The highest BCUT2D eigenvalue weighted by molar-refractivity contribution is 5.72. The third-order valence-electron chi connectivity index (χ3n) is 3.38. The van der Waals surface area contributed by atoms with Crippen molar-refractivity contribution in [3.63, 3.8) is 0 Å². The summed E-state index contributed by atoms with van der Waals surface area (Å²) in [7, 11) is 0. The monoisotopic (exact) mass is 257 g/mol. The van der Waals surface area contributed by atoms with Crippen molar-refractivity contribution in [1.29, 1.82) is 0 Å². The molecule has 18 heavy (non-hydrogen) atoms. The number of hydrogen-bond acceptors (Lipinski definition) is 3. The lowest BCUT2D eigenvalue weighted by atomic mass is 10.1. The second kappa shape index (κ2) is 7.74. The Kier molecular flexibility index (Phi) is 6.65. The van der Waals surface area contributed by atoms with Crippen LogP contribution in [0.5, 0.6) is 0 Å². The second-order valence-corrected chi connectivity index (χ2v) is 5.52. The van der Waals surface area contributed by atoms with E-state index in [-0.39, 0.29) is 0 Å². The fraction of sp³-hybridized carbons (Fsp3) is 0.929. The van der Waals surface area contributed by atoms with E-state index in [2.05, 4.69) is 18.7 Å². The van der Waals surface area contributed by atoms with E-state index < -0.39 is 12.1 Å². The molecule has 4 heteroatoms. The van der Waals surface area contributed by atoms with Gasteiger partial charge in [-0.3, -0.25) is 0 Å². The Labute approximate surface area is 110 Å². The first-order chi connectivity index (χ1) is 8.54. The fourth-order valence-electron chi connectivity index (χ4n) is 2.10. The Morgan fingerprint density at radius 3 is 2.39 bits per heavy atom. The van der Waals surface area contributed by atoms with Crippen LogP contribution >= 0.6 is 0 Å². The molecule has 0 aromatic rings. The molecular weight excluding hydrogens is 230 g/mol. The average Bonchev–Trinajstić information content (AvgIpc) is 3.10. The molecule has 0 aromatic heterocycles. The Bertz CT molecular complexity index is 251. The van der Waals surface area contributed by atoms with Gasteiger partial charge < -0.3 is 14.7 Å². The molecule has 1 fully saturated rings. The van der Waals surface area contributed by atoms with Gasteiger partial charge in [-0.1, -0.05) is 13.8 Å². The Hall–Kier alpha value is -0.610. The number of nitrogens with zero attached hydrogens (tertiary/aromatic N) is 1. The Balaban J connectivity index is 2.33. The quantitative estimate of drug-likeness (QED) is 0.653. The molecule has 1 aliphatic rings. The van der Waals surface area contributed by atoms with Crippen LogP contribution < -0.4 is 0 Å². The van der Waals surface area contributed by atoms with Crippen LogP contribution in [0, 0.1) is 5.92 Å². The zero-order valence-corrected chi connectivity index (χ0v) is 11.9. The van der Waals surface area contributed by atoms with Gasteiger partial charge in [0.1, 0.15) is 0 Å². The molecule has 0 aliphatic heterocycles. The molecule has 4 nitrogen and oxygen atoms in total. The summed E-state index contributed by atoms with van der Waals surface area (Å²) < 4.78 is 5.25. The minimum absolute atomic E-state index is 0.465. The smallest absolute Gasteiger partial charge is 0.332 e. The van der Waals surface area contributed by atoms with Gasteiger partial charge in [0, 0.05) is 19.2 Å². The Morgan fingerprint density at radius 1 is 1.33 bits per heavy atom. The van der Waals surface area contributed by atoms with Gasteiger partial charge in [0.15, 0.2) is 6.10 Å². The van der Waals surface area contributed by atoms with Crippen LogP contribution in [0.2, 0.25) is 0 Å². The third kappa shape index (κ3) is 5.83. The molecular formula is C14H27NO3. The zero-order chi connectivity index (χ0) is 13.5. The van der Waals surface area contributed by atoms with Gasteiger partial charge in [-0.05, 0) is 45.1 Å². The van der Waals surface area contributed by atoms with E-state index in [0.717, 1.165) is 13.1 Å². The van der Waals surface area contributed by atoms with Gasteiger partial charge in [-0.15, -0.1) is 0 Å². The largest absolute Gasteiger partial charge is 0.479 e. The zero-order valence-electron chi connectivity index (χ0n) is 11.9. The fourth-order valence-corrected chi connectivity index (χ4v) is 2.10. The maximum absolute atomic E-state index is 11.0. The second-order valence-electron chi connectivity index (χ2n) is 5.52. The highest BCUT2D eigenvalue weighted by Gasteiger charge is 2.29. The molecule has 0 amide bonds. The number of aliphatic carboxylic acids is 1. The van der Waals surface area contributed by atoms with Gasteiger partial charge >= 0.3 is 5.97 Å². The molecule has 0 heterocycles. The minimum Gasteiger partial charge on any atom is -0.479 e. The van der Waals surface area contributed by atoms with E-state index in [4.69, 9.17) is 9.84 Å². The number of carboxylic acid groups (broad SMARTS) is 1. The lowest BCUT2D eigenvalue weighted by molar-refractivity contribution is -0.150. The van der Waals surface area contributed by atoms with E-state index in [1.807, 2.05) is 6.92 Å². The summed E-state index contributed by atoms with van der Waals surface area (Å²) in [6.07, 6.45) is 3.67. The molecule has 1 rings (SSSR count). The summed E-state index contributed by atoms with van der Waals surface area (Å²) in [6.45, 7) is 8.69.